The largest absolute Gasteiger partial charge is 0.481 e. The Labute approximate surface area is 111 Å². The van der Waals surface area contributed by atoms with E-state index in [0.29, 0.717) is 5.69 Å². The van der Waals surface area contributed by atoms with E-state index in [-0.39, 0.29) is 18.5 Å². The highest BCUT2D eigenvalue weighted by molar-refractivity contribution is 5.67. The third-order valence-corrected chi connectivity index (χ3v) is 2.65. The molecule has 8 heteroatoms. The molecule has 0 aliphatic heterocycles. The number of hydrogen-bond acceptors (Lipinski definition) is 3. The summed E-state index contributed by atoms with van der Waals surface area (Å²) in [5, 5.41) is 15.8. The van der Waals surface area contributed by atoms with Crippen molar-refractivity contribution >= 4 is 5.97 Å². The smallest absolute Gasteiger partial charge is 0.418 e. The maximum atomic E-state index is 12.9. The summed E-state index contributed by atoms with van der Waals surface area (Å²) in [5.41, 5.74) is -0.705. The minimum atomic E-state index is -4.52. The van der Waals surface area contributed by atoms with Crippen molar-refractivity contribution in [2.75, 3.05) is 0 Å². The molecule has 2 aromatic rings. The fourth-order valence-corrected chi connectivity index (χ4v) is 1.76. The number of aryl methyl sites for hydroxylation is 1. The van der Waals surface area contributed by atoms with Crippen molar-refractivity contribution in [2.45, 2.75) is 19.0 Å². The molecule has 1 aromatic heterocycles. The summed E-state index contributed by atoms with van der Waals surface area (Å²) in [6.07, 6.45) is -3.42. The van der Waals surface area contributed by atoms with Gasteiger partial charge < -0.3 is 5.11 Å². The lowest BCUT2D eigenvalue weighted by atomic mass is 10.1. The second kappa shape index (κ2) is 5.32. The van der Waals surface area contributed by atoms with Crippen LogP contribution in [0.2, 0.25) is 0 Å². The second-order valence-corrected chi connectivity index (χ2v) is 4.05. The average Bonchev–Trinajstić information content (AvgIpc) is 2.83. The number of halogens is 3. The molecule has 1 N–H and O–H groups in total. The summed E-state index contributed by atoms with van der Waals surface area (Å²) in [6, 6.07) is 4.94. The fourth-order valence-electron chi connectivity index (χ4n) is 1.76. The van der Waals surface area contributed by atoms with E-state index in [4.69, 9.17) is 5.11 Å². The van der Waals surface area contributed by atoms with Gasteiger partial charge in [-0.15, -0.1) is 5.10 Å². The van der Waals surface area contributed by atoms with Gasteiger partial charge in [-0.3, -0.25) is 4.79 Å². The number of carboxylic acid groups (broad SMARTS) is 1. The summed E-state index contributed by atoms with van der Waals surface area (Å²) in [5.74, 6) is -1.04. The number of alkyl halides is 3. The average molecular weight is 285 g/mol. The number of hydrogen-bond donors (Lipinski definition) is 1. The normalized spacial score (nSPS) is 11.6. The number of para-hydroxylation sites is 1. The van der Waals surface area contributed by atoms with Crippen LogP contribution in [0.15, 0.2) is 30.5 Å². The molecule has 0 amide bonds. The third kappa shape index (κ3) is 2.95. The van der Waals surface area contributed by atoms with Crippen LogP contribution in [-0.4, -0.2) is 26.1 Å². The van der Waals surface area contributed by atoms with E-state index in [1.54, 1.807) is 0 Å². The number of rotatable bonds is 4. The highest BCUT2D eigenvalue weighted by atomic mass is 19.4. The number of aromatic nitrogens is 3. The first-order chi connectivity index (χ1) is 9.39. The lowest BCUT2D eigenvalue weighted by Crippen LogP contribution is -2.13. The molecule has 0 saturated carbocycles. The van der Waals surface area contributed by atoms with E-state index < -0.39 is 17.7 Å². The highest BCUT2D eigenvalue weighted by Crippen LogP contribution is 2.33. The molecule has 0 spiro atoms. The van der Waals surface area contributed by atoms with Gasteiger partial charge in [0, 0.05) is 6.42 Å². The van der Waals surface area contributed by atoms with Crippen LogP contribution in [0.4, 0.5) is 13.2 Å². The Morgan fingerprint density at radius 2 is 2.00 bits per heavy atom. The number of aliphatic carboxylic acids is 1. The van der Waals surface area contributed by atoms with E-state index in [1.165, 1.54) is 24.4 Å². The van der Waals surface area contributed by atoms with Gasteiger partial charge in [-0.2, -0.15) is 13.2 Å². The second-order valence-electron chi connectivity index (χ2n) is 4.05. The zero-order valence-corrected chi connectivity index (χ0v) is 10.1. The van der Waals surface area contributed by atoms with E-state index in [1.807, 2.05) is 0 Å². The van der Waals surface area contributed by atoms with E-state index >= 15 is 0 Å². The molecule has 5 nitrogen and oxygen atoms in total. The lowest BCUT2D eigenvalue weighted by molar-refractivity contribution is -0.138. The monoisotopic (exact) mass is 285 g/mol. The van der Waals surface area contributed by atoms with Gasteiger partial charge in [0.05, 0.1) is 29.6 Å². The molecular formula is C12H10F3N3O2. The number of benzene rings is 1. The molecule has 0 aliphatic carbocycles. The Bertz CT molecular complexity index is 622. The summed E-state index contributed by atoms with van der Waals surface area (Å²) in [6.45, 7) is 0. The van der Waals surface area contributed by atoms with Gasteiger partial charge in [0.2, 0.25) is 0 Å². The number of nitrogens with zero attached hydrogens (tertiary/aromatic N) is 3. The molecule has 0 atom stereocenters. The van der Waals surface area contributed by atoms with Crippen molar-refractivity contribution < 1.29 is 23.1 Å². The molecule has 20 heavy (non-hydrogen) atoms. The maximum Gasteiger partial charge on any atom is 0.418 e. The SMILES string of the molecule is O=C(O)CCc1cnnn1-c1ccccc1C(F)(F)F. The zero-order valence-electron chi connectivity index (χ0n) is 10.1. The Morgan fingerprint density at radius 3 is 2.65 bits per heavy atom. The van der Waals surface area contributed by atoms with Gasteiger partial charge in [-0.1, -0.05) is 17.3 Å². The quantitative estimate of drug-likeness (QED) is 0.936. The van der Waals surface area contributed by atoms with Crippen molar-refractivity contribution in [1.29, 1.82) is 0 Å². The Hall–Kier alpha value is -2.38. The lowest BCUT2D eigenvalue weighted by Gasteiger charge is -2.13. The van der Waals surface area contributed by atoms with Crippen LogP contribution < -0.4 is 0 Å². The van der Waals surface area contributed by atoms with Crippen molar-refractivity contribution in [3.63, 3.8) is 0 Å². The molecule has 0 saturated heterocycles. The van der Waals surface area contributed by atoms with Gasteiger partial charge in [0.1, 0.15) is 0 Å². The minimum absolute atomic E-state index is 0.0501. The maximum absolute atomic E-state index is 12.9. The zero-order chi connectivity index (χ0) is 14.8. The summed E-state index contributed by atoms with van der Waals surface area (Å²) in [7, 11) is 0. The van der Waals surface area contributed by atoms with Crippen molar-refractivity contribution in [2.24, 2.45) is 0 Å². The molecule has 1 heterocycles. The number of carbonyl (C=O) groups is 1. The first-order valence-corrected chi connectivity index (χ1v) is 5.67. The van der Waals surface area contributed by atoms with E-state index in [0.717, 1.165) is 10.7 Å². The van der Waals surface area contributed by atoms with Crippen molar-refractivity contribution in [1.82, 2.24) is 15.0 Å². The van der Waals surface area contributed by atoms with Crippen molar-refractivity contribution in [3.8, 4) is 5.69 Å². The summed E-state index contributed by atoms with van der Waals surface area (Å²) in [4.78, 5) is 10.5. The molecule has 106 valence electrons. The van der Waals surface area contributed by atoms with Gasteiger partial charge in [0.15, 0.2) is 0 Å². The minimum Gasteiger partial charge on any atom is -0.481 e. The van der Waals surface area contributed by atoms with Crippen LogP contribution in [0.3, 0.4) is 0 Å². The first kappa shape index (κ1) is 14.0. The molecule has 0 aliphatic rings. The van der Waals surface area contributed by atoms with Crippen LogP contribution in [0.1, 0.15) is 17.7 Å². The summed E-state index contributed by atoms with van der Waals surface area (Å²) >= 11 is 0. The van der Waals surface area contributed by atoms with Crippen LogP contribution >= 0.6 is 0 Å². The van der Waals surface area contributed by atoms with E-state index in [2.05, 4.69) is 10.3 Å². The molecule has 0 bridgehead atoms. The highest BCUT2D eigenvalue weighted by Gasteiger charge is 2.34. The van der Waals surface area contributed by atoms with Crippen LogP contribution in [-0.2, 0) is 17.4 Å². The fraction of sp³-hybridized carbons (Fsp3) is 0.250. The Balaban J connectivity index is 2.43. The standard InChI is InChI=1S/C12H10F3N3O2/c13-12(14,15)9-3-1-2-4-10(9)18-8(7-16-17-18)5-6-11(19)20/h1-4,7H,5-6H2,(H,19,20). The van der Waals surface area contributed by atoms with Crippen molar-refractivity contribution in [3.05, 3.63) is 41.7 Å². The molecule has 0 fully saturated rings. The van der Waals surface area contributed by atoms with Gasteiger partial charge >= 0.3 is 12.1 Å². The van der Waals surface area contributed by atoms with E-state index in [9.17, 15) is 18.0 Å². The predicted molar refractivity (Wildman–Crippen MR) is 62.3 cm³/mol. The van der Waals surface area contributed by atoms with Crippen LogP contribution in [0, 0.1) is 0 Å². The van der Waals surface area contributed by atoms with Crippen LogP contribution in [0.25, 0.3) is 5.69 Å². The molecule has 2 rings (SSSR count). The first-order valence-electron chi connectivity index (χ1n) is 5.67. The molecular weight excluding hydrogens is 275 g/mol. The molecule has 1 aromatic carbocycles. The summed E-state index contributed by atoms with van der Waals surface area (Å²) < 4.78 is 39.8. The third-order valence-electron chi connectivity index (χ3n) is 2.65. The Morgan fingerprint density at radius 1 is 1.30 bits per heavy atom. The number of carboxylic acids is 1. The van der Waals surface area contributed by atoms with Crippen LogP contribution in [0.5, 0.6) is 0 Å². The molecule has 0 radical (unpaired) electrons. The van der Waals surface area contributed by atoms with Gasteiger partial charge in [-0.25, -0.2) is 4.68 Å². The topological polar surface area (TPSA) is 68.0 Å². The van der Waals surface area contributed by atoms with Gasteiger partial charge in [-0.05, 0) is 12.1 Å². The Kier molecular flexibility index (Phi) is 3.73. The van der Waals surface area contributed by atoms with Gasteiger partial charge in [0.25, 0.3) is 0 Å². The predicted octanol–water partition coefficient (Wildman–Crippen LogP) is 2.30. The molecule has 0 unspecified atom stereocenters.